The summed E-state index contributed by atoms with van der Waals surface area (Å²) in [6.45, 7) is 0. The van der Waals surface area contributed by atoms with Crippen LogP contribution in [0.5, 0.6) is 5.75 Å². The maximum absolute atomic E-state index is 14.0. The fourth-order valence-corrected chi connectivity index (χ4v) is 2.22. The average Bonchev–Trinajstić information content (AvgIpc) is 2.44. The summed E-state index contributed by atoms with van der Waals surface area (Å²) in [4.78, 5) is 0. The number of hydrogen-bond acceptors (Lipinski definition) is 2. The molecule has 106 valence electrons. The number of ether oxygens (including phenoxy) is 1. The van der Waals surface area contributed by atoms with E-state index in [0.29, 0.717) is 17.0 Å². The molecule has 0 saturated carbocycles. The molecule has 0 fully saturated rings. The molecule has 2 aromatic carbocycles. The van der Waals surface area contributed by atoms with Gasteiger partial charge in [-0.05, 0) is 35.7 Å². The van der Waals surface area contributed by atoms with Gasteiger partial charge in [0.15, 0.2) is 11.6 Å². The van der Waals surface area contributed by atoms with Crippen LogP contribution in [0.3, 0.4) is 0 Å². The smallest absolute Gasteiger partial charge is 0.168 e. The number of benzene rings is 2. The average molecular weight is 295 g/mol. The van der Waals surface area contributed by atoms with Gasteiger partial charge in [-0.1, -0.05) is 35.9 Å². The highest BCUT2D eigenvalue weighted by Crippen LogP contribution is 2.22. The number of rotatable bonds is 5. The highest BCUT2D eigenvalue weighted by Gasteiger charge is 2.13. The van der Waals surface area contributed by atoms with E-state index in [1.807, 2.05) is 12.1 Å². The number of hydrogen-bond donors (Lipinski definition) is 1. The first-order valence-corrected chi connectivity index (χ1v) is 6.72. The maximum Gasteiger partial charge on any atom is 0.168 e. The second-order valence-corrected chi connectivity index (χ2v) is 5.06. The molecule has 2 rings (SSSR count). The summed E-state index contributed by atoms with van der Waals surface area (Å²) < 4.78 is 18.9. The first-order valence-electron chi connectivity index (χ1n) is 6.34. The summed E-state index contributed by atoms with van der Waals surface area (Å²) in [7, 11) is 1.42. The quantitative estimate of drug-likeness (QED) is 0.912. The minimum Gasteiger partial charge on any atom is -0.494 e. The molecule has 1 atom stereocenters. The van der Waals surface area contributed by atoms with Crippen LogP contribution in [0.2, 0.25) is 5.02 Å². The van der Waals surface area contributed by atoms with Gasteiger partial charge in [-0.2, -0.15) is 0 Å². The van der Waals surface area contributed by atoms with Crippen molar-refractivity contribution in [1.29, 1.82) is 0 Å². The minimum atomic E-state index is -0.655. The molecule has 0 heterocycles. The van der Waals surface area contributed by atoms with Crippen molar-refractivity contribution < 1.29 is 14.2 Å². The maximum atomic E-state index is 14.0. The van der Waals surface area contributed by atoms with Crippen molar-refractivity contribution >= 4 is 11.6 Å². The lowest BCUT2D eigenvalue weighted by Gasteiger charge is -2.13. The van der Waals surface area contributed by atoms with Crippen LogP contribution in [0.25, 0.3) is 0 Å². The molecule has 0 spiro atoms. The SMILES string of the molecule is COc1cccc(CC(O)Cc2ccc(Cl)cc2)c1F. The van der Waals surface area contributed by atoms with Gasteiger partial charge < -0.3 is 9.84 Å². The molecule has 20 heavy (non-hydrogen) atoms. The van der Waals surface area contributed by atoms with E-state index in [-0.39, 0.29) is 12.2 Å². The Morgan fingerprint density at radius 1 is 1.15 bits per heavy atom. The molecule has 0 aliphatic carbocycles. The molecule has 2 aromatic rings. The molecular weight excluding hydrogens is 279 g/mol. The van der Waals surface area contributed by atoms with E-state index < -0.39 is 11.9 Å². The Labute approximate surface area is 122 Å². The van der Waals surface area contributed by atoms with Crippen molar-refractivity contribution in [3.63, 3.8) is 0 Å². The second kappa shape index (κ2) is 6.73. The van der Waals surface area contributed by atoms with Gasteiger partial charge in [-0.15, -0.1) is 0 Å². The van der Waals surface area contributed by atoms with Crippen molar-refractivity contribution in [2.45, 2.75) is 18.9 Å². The standard InChI is InChI=1S/C16H16ClFO2/c1-20-15-4-2-3-12(16(15)18)10-14(19)9-11-5-7-13(17)8-6-11/h2-8,14,19H,9-10H2,1H3. The zero-order valence-electron chi connectivity index (χ0n) is 11.1. The van der Waals surface area contributed by atoms with Crippen molar-refractivity contribution in [2.75, 3.05) is 7.11 Å². The number of aliphatic hydroxyl groups is 1. The van der Waals surface area contributed by atoms with Crippen LogP contribution in [0.15, 0.2) is 42.5 Å². The van der Waals surface area contributed by atoms with E-state index in [4.69, 9.17) is 16.3 Å². The fraction of sp³-hybridized carbons (Fsp3) is 0.250. The van der Waals surface area contributed by atoms with Gasteiger partial charge in [0.25, 0.3) is 0 Å². The lowest BCUT2D eigenvalue weighted by molar-refractivity contribution is 0.174. The van der Waals surface area contributed by atoms with E-state index in [1.165, 1.54) is 7.11 Å². The first kappa shape index (κ1) is 14.8. The van der Waals surface area contributed by atoms with Crippen LogP contribution < -0.4 is 4.74 Å². The largest absolute Gasteiger partial charge is 0.494 e. The van der Waals surface area contributed by atoms with E-state index in [0.717, 1.165) is 5.56 Å². The molecule has 0 bridgehead atoms. The van der Waals surface area contributed by atoms with E-state index in [1.54, 1.807) is 30.3 Å². The van der Waals surface area contributed by atoms with Crippen LogP contribution in [0, 0.1) is 5.82 Å². The third-order valence-corrected chi connectivity index (χ3v) is 3.36. The van der Waals surface area contributed by atoms with Gasteiger partial charge in [0.05, 0.1) is 13.2 Å². The summed E-state index contributed by atoms with van der Waals surface area (Å²) in [5.74, 6) is -0.216. The van der Waals surface area contributed by atoms with Gasteiger partial charge >= 0.3 is 0 Å². The zero-order chi connectivity index (χ0) is 14.5. The molecule has 0 saturated heterocycles. The Morgan fingerprint density at radius 3 is 2.50 bits per heavy atom. The van der Waals surface area contributed by atoms with Gasteiger partial charge in [-0.25, -0.2) is 4.39 Å². The minimum absolute atomic E-state index is 0.196. The molecule has 0 amide bonds. The molecule has 0 aliphatic rings. The molecule has 2 nitrogen and oxygen atoms in total. The summed E-state index contributed by atoms with van der Waals surface area (Å²) in [5, 5.41) is 10.7. The molecule has 0 radical (unpaired) electrons. The molecular formula is C16H16ClFO2. The van der Waals surface area contributed by atoms with Gasteiger partial charge in [0.2, 0.25) is 0 Å². The Kier molecular flexibility index (Phi) is 4.99. The van der Waals surface area contributed by atoms with Crippen LogP contribution in [-0.4, -0.2) is 18.3 Å². The third kappa shape index (κ3) is 3.71. The van der Waals surface area contributed by atoms with Crippen LogP contribution in [0.4, 0.5) is 4.39 Å². The molecule has 0 aromatic heterocycles. The van der Waals surface area contributed by atoms with Crippen LogP contribution in [0.1, 0.15) is 11.1 Å². The summed E-state index contributed by atoms with van der Waals surface area (Å²) in [5.41, 5.74) is 1.41. The third-order valence-electron chi connectivity index (χ3n) is 3.10. The van der Waals surface area contributed by atoms with E-state index in [9.17, 15) is 9.50 Å². The van der Waals surface area contributed by atoms with Crippen molar-refractivity contribution in [1.82, 2.24) is 0 Å². The highest BCUT2D eigenvalue weighted by atomic mass is 35.5. The Morgan fingerprint density at radius 2 is 1.85 bits per heavy atom. The van der Waals surface area contributed by atoms with Crippen LogP contribution in [-0.2, 0) is 12.8 Å². The monoisotopic (exact) mass is 294 g/mol. The normalized spacial score (nSPS) is 12.2. The van der Waals surface area contributed by atoms with Crippen LogP contribution >= 0.6 is 11.6 Å². The number of halogens is 2. The summed E-state index contributed by atoms with van der Waals surface area (Å²) in [6.07, 6.45) is 0.0391. The second-order valence-electron chi connectivity index (χ2n) is 4.62. The van der Waals surface area contributed by atoms with Gasteiger partial charge in [0, 0.05) is 11.4 Å². The predicted octanol–water partition coefficient (Wildman–Crippen LogP) is 3.63. The fourth-order valence-electron chi connectivity index (χ4n) is 2.09. The first-order chi connectivity index (χ1) is 9.60. The molecule has 4 heteroatoms. The van der Waals surface area contributed by atoms with Gasteiger partial charge in [-0.3, -0.25) is 0 Å². The number of aliphatic hydroxyl groups excluding tert-OH is 1. The molecule has 1 N–H and O–H groups in total. The topological polar surface area (TPSA) is 29.5 Å². The van der Waals surface area contributed by atoms with Gasteiger partial charge in [0.1, 0.15) is 0 Å². The zero-order valence-corrected chi connectivity index (χ0v) is 11.9. The predicted molar refractivity (Wildman–Crippen MR) is 77.8 cm³/mol. The number of methoxy groups -OCH3 is 1. The lowest BCUT2D eigenvalue weighted by Crippen LogP contribution is -2.15. The Balaban J connectivity index is 2.04. The van der Waals surface area contributed by atoms with Crippen molar-refractivity contribution in [3.05, 3.63) is 64.4 Å². The van der Waals surface area contributed by atoms with Crippen molar-refractivity contribution in [2.24, 2.45) is 0 Å². The van der Waals surface area contributed by atoms with E-state index >= 15 is 0 Å². The Bertz CT molecular complexity index is 569. The van der Waals surface area contributed by atoms with Crippen molar-refractivity contribution in [3.8, 4) is 5.75 Å². The summed E-state index contributed by atoms with van der Waals surface area (Å²) >= 11 is 5.81. The Hall–Kier alpha value is -1.58. The molecule has 1 unspecified atom stereocenters. The lowest BCUT2D eigenvalue weighted by atomic mass is 10.0. The summed E-state index contributed by atoms with van der Waals surface area (Å²) in [6, 6.07) is 12.2. The highest BCUT2D eigenvalue weighted by molar-refractivity contribution is 6.30. The van der Waals surface area contributed by atoms with E-state index in [2.05, 4.69) is 0 Å². The molecule has 0 aliphatic heterocycles.